The second kappa shape index (κ2) is 7.58. The number of piperidine rings is 1. The van der Waals surface area contributed by atoms with Crippen LogP contribution in [0.25, 0.3) is 11.1 Å². The van der Waals surface area contributed by atoms with Gasteiger partial charge in [-0.1, -0.05) is 12.1 Å². The van der Waals surface area contributed by atoms with E-state index >= 15 is 0 Å². The van der Waals surface area contributed by atoms with Crippen molar-refractivity contribution in [2.45, 2.75) is 25.2 Å². The predicted molar refractivity (Wildman–Crippen MR) is 108 cm³/mol. The van der Waals surface area contributed by atoms with Gasteiger partial charge in [-0.05, 0) is 54.3 Å². The van der Waals surface area contributed by atoms with E-state index in [1.54, 1.807) is 27.7 Å². The normalized spacial score (nSPS) is 20.0. The largest absolute Gasteiger partial charge is 0.573 e. The van der Waals surface area contributed by atoms with Crippen LogP contribution in [-0.2, 0) is 6.54 Å². The Hall–Kier alpha value is -3.49. The van der Waals surface area contributed by atoms with Crippen molar-refractivity contribution in [1.82, 2.24) is 9.47 Å². The fraction of sp³-hybridized carbons (Fsp3) is 0.304. The van der Waals surface area contributed by atoms with E-state index in [0.29, 0.717) is 36.5 Å². The highest BCUT2D eigenvalue weighted by Crippen LogP contribution is 2.36. The minimum atomic E-state index is -4.77. The van der Waals surface area contributed by atoms with Gasteiger partial charge in [0, 0.05) is 36.8 Å². The van der Waals surface area contributed by atoms with Crippen molar-refractivity contribution in [2.24, 2.45) is 5.92 Å². The molecule has 1 amide bonds. The highest BCUT2D eigenvalue weighted by Gasteiger charge is 2.37. The number of hydrogen-bond acceptors (Lipinski definition) is 4. The summed E-state index contributed by atoms with van der Waals surface area (Å²) in [5.41, 5.74) is 1.61. The van der Waals surface area contributed by atoms with Crippen LogP contribution >= 0.6 is 0 Å². The van der Waals surface area contributed by atoms with Gasteiger partial charge in [0.15, 0.2) is 5.76 Å². The number of aromatic nitrogens is 1. The second-order valence-corrected chi connectivity index (χ2v) is 8.15. The van der Waals surface area contributed by atoms with Crippen molar-refractivity contribution in [3.05, 3.63) is 76.6 Å². The van der Waals surface area contributed by atoms with Crippen molar-refractivity contribution < 1.29 is 27.1 Å². The molecule has 2 unspecified atom stereocenters. The first kappa shape index (κ1) is 20.4. The number of benzene rings is 1. The van der Waals surface area contributed by atoms with Gasteiger partial charge in [-0.25, -0.2) is 0 Å². The highest BCUT2D eigenvalue weighted by atomic mass is 19.4. The number of halogens is 3. The van der Waals surface area contributed by atoms with Crippen LogP contribution in [0, 0.1) is 5.92 Å². The molecule has 2 atom stereocenters. The number of fused-ring (bicyclic) bond motifs is 4. The van der Waals surface area contributed by atoms with Crippen LogP contribution in [0.15, 0.2) is 64.0 Å². The molecule has 2 aliphatic heterocycles. The van der Waals surface area contributed by atoms with Gasteiger partial charge in [0.25, 0.3) is 11.5 Å². The quantitative estimate of drug-likeness (QED) is 0.606. The van der Waals surface area contributed by atoms with Gasteiger partial charge in [-0.15, -0.1) is 13.2 Å². The van der Waals surface area contributed by atoms with E-state index in [1.807, 2.05) is 6.07 Å². The molecule has 3 aromatic rings. The van der Waals surface area contributed by atoms with Crippen LogP contribution in [0.5, 0.6) is 5.75 Å². The third kappa shape index (κ3) is 3.79. The van der Waals surface area contributed by atoms with E-state index in [0.717, 1.165) is 12.1 Å². The summed E-state index contributed by atoms with van der Waals surface area (Å²) in [6.45, 7) is 1.52. The van der Waals surface area contributed by atoms with Crippen molar-refractivity contribution in [2.75, 3.05) is 13.1 Å². The molecule has 2 aliphatic rings. The Labute approximate surface area is 180 Å². The first-order chi connectivity index (χ1) is 15.3. The number of carbonyl (C=O) groups is 1. The standard InChI is InChI=1S/C23H19F3N2O4/c24-23(25,26)32-17-5-3-15(4-6-17)18-7-8-19-16-10-14(12-28(19)21(18)29)11-27(13-16)22(30)20-2-1-9-31-20/h1-9,14,16H,10-13H2. The van der Waals surface area contributed by atoms with E-state index in [9.17, 15) is 22.8 Å². The third-order valence-corrected chi connectivity index (χ3v) is 6.02. The van der Waals surface area contributed by atoms with Crippen molar-refractivity contribution in [1.29, 1.82) is 0 Å². The van der Waals surface area contributed by atoms with E-state index in [4.69, 9.17) is 4.42 Å². The summed E-state index contributed by atoms with van der Waals surface area (Å²) >= 11 is 0. The summed E-state index contributed by atoms with van der Waals surface area (Å²) < 4.78 is 48.0. The van der Waals surface area contributed by atoms with Gasteiger partial charge in [-0.2, -0.15) is 0 Å². The van der Waals surface area contributed by atoms with Crippen molar-refractivity contribution >= 4 is 5.91 Å². The number of pyridine rings is 1. The molecule has 4 heterocycles. The molecule has 1 fully saturated rings. The summed E-state index contributed by atoms with van der Waals surface area (Å²) in [6.07, 6.45) is -2.41. The Morgan fingerprint density at radius 1 is 1.03 bits per heavy atom. The zero-order valence-corrected chi connectivity index (χ0v) is 16.8. The van der Waals surface area contributed by atoms with E-state index in [1.165, 1.54) is 30.5 Å². The van der Waals surface area contributed by atoms with E-state index < -0.39 is 6.36 Å². The molecule has 1 saturated heterocycles. The molecule has 5 rings (SSSR count). The van der Waals surface area contributed by atoms with Crippen LogP contribution in [0.2, 0.25) is 0 Å². The molecule has 2 bridgehead atoms. The molecule has 0 radical (unpaired) electrons. The van der Waals surface area contributed by atoms with Crippen LogP contribution in [0.4, 0.5) is 13.2 Å². The summed E-state index contributed by atoms with van der Waals surface area (Å²) in [6, 6.07) is 12.2. The highest BCUT2D eigenvalue weighted by molar-refractivity contribution is 5.91. The van der Waals surface area contributed by atoms with Gasteiger partial charge in [0.05, 0.1) is 6.26 Å². The van der Waals surface area contributed by atoms with Crippen LogP contribution < -0.4 is 10.3 Å². The Bertz CT molecular complexity index is 1200. The third-order valence-electron chi connectivity index (χ3n) is 6.02. The maximum Gasteiger partial charge on any atom is 0.573 e. The van der Waals surface area contributed by atoms with Crippen LogP contribution in [-0.4, -0.2) is 34.8 Å². The Kier molecular flexibility index (Phi) is 4.83. The smallest absolute Gasteiger partial charge is 0.459 e. The summed E-state index contributed by atoms with van der Waals surface area (Å²) in [5, 5.41) is 0. The summed E-state index contributed by atoms with van der Waals surface area (Å²) in [4.78, 5) is 27.7. The lowest BCUT2D eigenvalue weighted by molar-refractivity contribution is -0.274. The lowest BCUT2D eigenvalue weighted by Gasteiger charge is -2.42. The van der Waals surface area contributed by atoms with Gasteiger partial charge in [0.1, 0.15) is 5.75 Å². The number of alkyl halides is 3. The van der Waals surface area contributed by atoms with Gasteiger partial charge >= 0.3 is 6.36 Å². The molecule has 2 aromatic heterocycles. The molecule has 0 aliphatic carbocycles. The maximum atomic E-state index is 13.2. The molecule has 0 spiro atoms. The minimum Gasteiger partial charge on any atom is -0.459 e. The number of likely N-dealkylation sites (tertiary alicyclic amines) is 1. The molecule has 32 heavy (non-hydrogen) atoms. The monoisotopic (exact) mass is 444 g/mol. The Balaban J connectivity index is 1.41. The van der Waals surface area contributed by atoms with Crippen molar-refractivity contribution in [3.8, 4) is 16.9 Å². The molecular weight excluding hydrogens is 425 g/mol. The molecular formula is C23H19F3N2O4. The minimum absolute atomic E-state index is 0.0331. The first-order valence-electron chi connectivity index (χ1n) is 10.2. The molecule has 0 N–H and O–H groups in total. The average Bonchev–Trinajstić information content (AvgIpc) is 3.28. The topological polar surface area (TPSA) is 64.7 Å². The number of rotatable bonds is 3. The van der Waals surface area contributed by atoms with Crippen LogP contribution in [0.1, 0.15) is 28.6 Å². The number of furan rings is 1. The molecule has 166 valence electrons. The zero-order chi connectivity index (χ0) is 22.5. The number of carbonyl (C=O) groups excluding carboxylic acids is 1. The lowest BCUT2D eigenvalue weighted by atomic mass is 9.82. The fourth-order valence-electron chi connectivity index (χ4n) is 4.72. The van der Waals surface area contributed by atoms with Gasteiger partial charge in [0.2, 0.25) is 0 Å². The summed E-state index contributed by atoms with van der Waals surface area (Å²) in [5.74, 6) is -0.0227. The number of nitrogens with zero attached hydrogens (tertiary/aromatic N) is 2. The summed E-state index contributed by atoms with van der Waals surface area (Å²) in [7, 11) is 0. The van der Waals surface area contributed by atoms with Gasteiger partial charge < -0.3 is 18.6 Å². The number of ether oxygens (including phenoxy) is 1. The molecule has 9 heteroatoms. The Morgan fingerprint density at radius 2 is 1.81 bits per heavy atom. The first-order valence-corrected chi connectivity index (χ1v) is 10.2. The SMILES string of the molecule is O=C(c1ccco1)N1CC2CC(C1)c1ccc(-c3ccc(OC(F)(F)F)cc3)c(=O)n1C2. The molecule has 6 nitrogen and oxygen atoms in total. The Morgan fingerprint density at radius 3 is 2.50 bits per heavy atom. The molecule has 1 aromatic carbocycles. The van der Waals surface area contributed by atoms with Crippen LogP contribution in [0.3, 0.4) is 0 Å². The van der Waals surface area contributed by atoms with E-state index in [-0.39, 0.29) is 29.1 Å². The number of hydrogen-bond donors (Lipinski definition) is 0. The molecule has 0 saturated carbocycles. The average molecular weight is 444 g/mol. The predicted octanol–water partition coefficient (Wildman–Crippen LogP) is 4.27. The zero-order valence-electron chi connectivity index (χ0n) is 16.8. The number of amides is 1. The van der Waals surface area contributed by atoms with Gasteiger partial charge in [-0.3, -0.25) is 9.59 Å². The van der Waals surface area contributed by atoms with E-state index in [2.05, 4.69) is 4.74 Å². The lowest BCUT2D eigenvalue weighted by Crippen LogP contribution is -2.49. The second-order valence-electron chi connectivity index (χ2n) is 8.15. The van der Waals surface area contributed by atoms with Crippen molar-refractivity contribution in [3.63, 3.8) is 0 Å². The fourth-order valence-corrected chi connectivity index (χ4v) is 4.72. The maximum absolute atomic E-state index is 13.2.